The predicted molar refractivity (Wildman–Crippen MR) is 125 cm³/mol. The van der Waals surface area contributed by atoms with Gasteiger partial charge in [-0.05, 0) is 42.8 Å². The molecule has 0 aliphatic carbocycles. The Morgan fingerprint density at radius 2 is 1.82 bits per heavy atom. The number of sulfonamides is 1. The largest absolute Gasteiger partial charge is 0.298 e. The predicted octanol–water partition coefficient (Wildman–Crippen LogP) is 2.76. The molecule has 4 rings (SSSR count). The molecule has 9 nitrogen and oxygen atoms in total. The molecule has 3 heterocycles. The molecule has 33 heavy (non-hydrogen) atoms. The van der Waals surface area contributed by atoms with Crippen molar-refractivity contribution in [3.63, 3.8) is 0 Å². The molecular weight excluding hydrogens is 462 g/mol. The van der Waals surface area contributed by atoms with Gasteiger partial charge in [0, 0.05) is 43.0 Å². The fourth-order valence-corrected chi connectivity index (χ4v) is 5.16. The number of hydrazone groups is 1. The van der Waals surface area contributed by atoms with Gasteiger partial charge in [-0.25, -0.2) is 13.4 Å². The topological polar surface area (TPSA) is 114 Å². The molecule has 0 unspecified atom stereocenters. The van der Waals surface area contributed by atoms with Crippen LogP contribution in [0.4, 0.5) is 0 Å². The van der Waals surface area contributed by atoms with Gasteiger partial charge in [0.2, 0.25) is 0 Å². The van der Waals surface area contributed by atoms with Crippen LogP contribution in [0.3, 0.4) is 0 Å². The molecule has 0 bridgehead atoms. The molecule has 0 spiro atoms. The van der Waals surface area contributed by atoms with Gasteiger partial charge >= 0.3 is 0 Å². The summed E-state index contributed by atoms with van der Waals surface area (Å²) in [6.45, 7) is 1.60. The van der Waals surface area contributed by atoms with Gasteiger partial charge < -0.3 is 0 Å². The van der Waals surface area contributed by atoms with E-state index in [-0.39, 0.29) is 9.79 Å². The van der Waals surface area contributed by atoms with E-state index in [0.29, 0.717) is 16.9 Å². The molecule has 0 atom stereocenters. The number of rotatable bonds is 6. The van der Waals surface area contributed by atoms with Crippen LogP contribution in [0.5, 0.6) is 0 Å². The zero-order valence-corrected chi connectivity index (χ0v) is 19.7. The fourth-order valence-electron chi connectivity index (χ4n) is 3.23. The number of pyridine rings is 2. The lowest BCUT2D eigenvalue weighted by molar-refractivity contribution is 0.490. The van der Waals surface area contributed by atoms with Crippen LogP contribution in [-0.2, 0) is 19.9 Å². The highest BCUT2D eigenvalue weighted by Crippen LogP contribution is 2.23. The maximum Gasteiger partial charge on any atom is 0.279 e. The second-order valence-electron chi connectivity index (χ2n) is 7.45. The summed E-state index contributed by atoms with van der Waals surface area (Å²) >= 11 is 0. The van der Waals surface area contributed by atoms with E-state index in [9.17, 15) is 16.8 Å². The first-order valence-corrected chi connectivity index (χ1v) is 13.1. The van der Waals surface area contributed by atoms with Crippen LogP contribution in [0, 0.1) is 6.92 Å². The molecular formula is C22H21N5O4S2. The Kier molecular flexibility index (Phi) is 5.76. The summed E-state index contributed by atoms with van der Waals surface area (Å²) < 4.78 is 52.5. The first kappa shape index (κ1) is 22.6. The molecule has 0 amide bonds. The van der Waals surface area contributed by atoms with Gasteiger partial charge in [0.25, 0.3) is 10.0 Å². The summed E-state index contributed by atoms with van der Waals surface area (Å²) in [5.41, 5.74) is 3.50. The Morgan fingerprint density at radius 1 is 1.03 bits per heavy atom. The van der Waals surface area contributed by atoms with Crippen LogP contribution in [-0.4, -0.2) is 55.1 Å². The van der Waals surface area contributed by atoms with E-state index >= 15 is 0 Å². The summed E-state index contributed by atoms with van der Waals surface area (Å²) in [6.07, 6.45) is 9.32. The molecule has 11 heteroatoms. The minimum Gasteiger partial charge on any atom is -0.298 e. The molecule has 0 aliphatic rings. The van der Waals surface area contributed by atoms with E-state index in [1.54, 1.807) is 29.9 Å². The van der Waals surface area contributed by atoms with Crippen molar-refractivity contribution in [1.29, 1.82) is 0 Å². The van der Waals surface area contributed by atoms with Crippen molar-refractivity contribution in [2.75, 3.05) is 13.3 Å². The van der Waals surface area contributed by atoms with Crippen molar-refractivity contribution in [1.82, 2.24) is 18.8 Å². The third kappa shape index (κ3) is 4.50. The summed E-state index contributed by atoms with van der Waals surface area (Å²) in [6, 6.07) is 11.5. The number of benzene rings is 1. The number of fused-ring (bicyclic) bond motifs is 1. The monoisotopic (exact) mass is 483 g/mol. The van der Waals surface area contributed by atoms with Crippen LogP contribution in [0.2, 0.25) is 0 Å². The number of sulfone groups is 1. The highest BCUT2D eigenvalue weighted by molar-refractivity contribution is 7.91. The Bertz CT molecular complexity index is 1580. The lowest BCUT2D eigenvalue weighted by Gasteiger charge is -2.16. The number of hydrogen-bond acceptors (Lipinski definition) is 7. The third-order valence-electron chi connectivity index (χ3n) is 5.10. The van der Waals surface area contributed by atoms with Crippen LogP contribution >= 0.6 is 0 Å². The molecule has 3 aromatic heterocycles. The standard InChI is InChI=1S/C22H21N5O4S2/c1-16-6-8-20(32(3,28)29)11-21(16)33(30,31)26(2)25-14-19-13-24-22-9-7-18(15-27(19)22)17-5-4-10-23-12-17/h4-15H,1-3H3/b25-14+. The molecule has 4 aromatic rings. The van der Waals surface area contributed by atoms with Gasteiger partial charge in [-0.3, -0.25) is 9.38 Å². The van der Waals surface area contributed by atoms with Crippen molar-refractivity contribution >= 4 is 31.7 Å². The van der Waals surface area contributed by atoms with E-state index in [0.717, 1.165) is 27.9 Å². The highest BCUT2D eigenvalue weighted by atomic mass is 32.2. The molecule has 0 N–H and O–H groups in total. The van der Waals surface area contributed by atoms with Gasteiger partial charge in [0.1, 0.15) is 5.65 Å². The van der Waals surface area contributed by atoms with Crippen molar-refractivity contribution in [3.05, 3.63) is 78.5 Å². The van der Waals surface area contributed by atoms with E-state index < -0.39 is 19.9 Å². The van der Waals surface area contributed by atoms with Crippen LogP contribution in [0.1, 0.15) is 11.3 Å². The minimum atomic E-state index is -4.08. The van der Waals surface area contributed by atoms with E-state index in [1.165, 1.54) is 25.4 Å². The van der Waals surface area contributed by atoms with Gasteiger partial charge in [0.15, 0.2) is 9.84 Å². The summed E-state index contributed by atoms with van der Waals surface area (Å²) in [5.74, 6) is 0. The van der Waals surface area contributed by atoms with Crippen molar-refractivity contribution in [2.24, 2.45) is 5.10 Å². The third-order valence-corrected chi connectivity index (χ3v) is 7.99. The second-order valence-corrected chi connectivity index (χ2v) is 11.4. The van der Waals surface area contributed by atoms with Crippen molar-refractivity contribution in [2.45, 2.75) is 16.7 Å². The summed E-state index contributed by atoms with van der Waals surface area (Å²) in [7, 11) is -6.35. The number of imidazole rings is 1. The average Bonchev–Trinajstić information content (AvgIpc) is 3.19. The van der Waals surface area contributed by atoms with E-state index in [4.69, 9.17) is 0 Å². The quantitative estimate of drug-likeness (QED) is 0.308. The fraction of sp³-hybridized carbons (Fsp3) is 0.136. The number of hydrogen-bond donors (Lipinski definition) is 0. The van der Waals surface area contributed by atoms with Gasteiger partial charge in [-0.1, -0.05) is 12.1 Å². The Labute approximate surface area is 192 Å². The molecule has 0 saturated carbocycles. The molecule has 1 aromatic carbocycles. The Morgan fingerprint density at radius 3 is 2.52 bits per heavy atom. The van der Waals surface area contributed by atoms with E-state index in [1.807, 2.05) is 30.5 Å². The second kappa shape index (κ2) is 8.41. The molecule has 0 radical (unpaired) electrons. The van der Waals surface area contributed by atoms with Gasteiger partial charge in [-0.15, -0.1) is 0 Å². The first-order valence-electron chi connectivity index (χ1n) is 9.78. The van der Waals surface area contributed by atoms with Gasteiger partial charge in [0.05, 0.1) is 27.9 Å². The minimum absolute atomic E-state index is 0.0752. The normalized spacial score (nSPS) is 12.5. The zero-order chi connectivity index (χ0) is 23.8. The molecule has 170 valence electrons. The lowest BCUT2D eigenvalue weighted by atomic mass is 10.1. The number of aromatic nitrogens is 3. The van der Waals surface area contributed by atoms with Crippen LogP contribution < -0.4 is 0 Å². The lowest BCUT2D eigenvalue weighted by Crippen LogP contribution is -2.23. The van der Waals surface area contributed by atoms with Crippen molar-refractivity contribution in [3.8, 4) is 11.1 Å². The smallest absolute Gasteiger partial charge is 0.279 e. The van der Waals surface area contributed by atoms with Crippen LogP contribution in [0.25, 0.3) is 16.8 Å². The number of aryl methyl sites for hydroxylation is 1. The SMILES string of the molecule is Cc1ccc(S(C)(=O)=O)cc1S(=O)(=O)N(C)/N=C/c1cnc2ccc(-c3cccnc3)cn12. The maximum atomic E-state index is 13.1. The van der Waals surface area contributed by atoms with Gasteiger partial charge in [-0.2, -0.15) is 17.9 Å². The van der Waals surface area contributed by atoms with Crippen molar-refractivity contribution < 1.29 is 16.8 Å². The molecule has 0 fully saturated rings. The van der Waals surface area contributed by atoms with E-state index in [2.05, 4.69) is 15.1 Å². The zero-order valence-electron chi connectivity index (χ0n) is 18.1. The number of nitrogens with zero attached hydrogens (tertiary/aromatic N) is 5. The average molecular weight is 484 g/mol. The maximum absolute atomic E-state index is 13.1. The highest BCUT2D eigenvalue weighted by Gasteiger charge is 2.24. The summed E-state index contributed by atoms with van der Waals surface area (Å²) in [5, 5.41) is 4.10. The Balaban J connectivity index is 1.68. The van der Waals surface area contributed by atoms with Crippen LogP contribution in [0.15, 0.2) is 82.1 Å². The Hall–Kier alpha value is -3.57. The summed E-state index contributed by atoms with van der Waals surface area (Å²) in [4.78, 5) is 8.26. The molecule has 0 aliphatic heterocycles. The molecule has 0 saturated heterocycles. The first-order chi connectivity index (χ1) is 15.6.